The van der Waals surface area contributed by atoms with Gasteiger partial charge in [-0.15, -0.1) is 0 Å². The van der Waals surface area contributed by atoms with Crippen molar-refractivity contribution < 1.29 is 9.47 Å². The summed E-state index contributed by atoms with van der Waals surface area (Å²) in [4.78, 5) is 8.87. The van der Waals surface area contributed by atoms with Gasteiger partial charge in [-0.2, -0.15) is 0 Å². The smallest absolute Gasteiger partial charge is 0.180 e. The van der Waals surface area contributed by atoms with Crippen LogP contribution in [0.15, 0.2) is 41.4 Å². The summed E-state index contributed by atoms with van der Waals surface area (Å²) in [5.41, 5.74) is 2.47. The second kappa shape index (κ2) is 7.10. The van der Waals surface area contributed by atoms with Crippen molar-refractivity contribution in [1.29, 1.82) is 0 Å². The summed E-state index contributed by atoms with van der Waals surface area (Å²) >= 11 is 3.44. The first-order valence-corrected chi connectivity index (χ1v) is 9.58. The van der Waals surface area contributed by atoms with Gasteiger partial charge in [-0.05, 0) is 35.8 Å². The second-order valence-corrected chi connectivity index (χ2v) is 7.86. The number of fused-ring (bicyclic) bond motifs is 1. The van der Waals surface area contributed by atoms with E-state index in [2.05, 4.69) is 50.4 Å². The van der Waals surface area contributed by atoms with Crippen molar-refractivity contribution in [2.24, 2.45) is 0 Å². The summed E-state index contributed by atoms with van der Waals surface area (Å²) < 4.78 is 14.4. The molecule has 0 bridgehead atoms. The van der Waals surface area contributed by atoms with Gasteiger partial charge in [-0.1, -0.05) is 6.07 Å². The van der Waals surface area contributed by atoms with E-state index in [0.29, 0.717) is 12.4 Å². The van der Waals surface area contributed by atoms with Gasteiger partial charge in [-0.25, -0.2) is 9.97 Å². The van der Waals surface area contributed by atoms with Crippen LogP contribution in [0.3, 0.4) is 0 Å². The molecule has 0 radical (unpaired) electrons. The lowest BCUT2D eigenvalue weighted by atomic mass is 9.89. The van der Waals surface area contributed by atoms with Gasteiger partial charge in [-0.3, -0.25) is 0 Å². The number of anilines is 2. The molecule has 7 nitrogen and oxygen atoms in total. The van der Waals surface area contributed by atoms with Crippen LogP contribution in [-0.4, -0.2) is 40.2 Å². The third-order valence-corrected chi connectivity index (χ3v) is 5.13. The highest BCUT2D eigenvalue weighted by Gasteiger charge is 2.36. The molecule has 3 aromatic rings. The zero-order valence-electron chi connectivity index (χ0n) is 15.5. The number of hydrogen-bond donors (Lipinski definition) is 2. The third kappa shape index (κ3) is 3.52. The molecule has 3 heterocycles. The fourth-order valence-corrected chi connectivity index (χ4v) is 3.85. The Balaban J connectivity index is 1.68. The minimum atomic E-state index is -0.172. The normalized spacial score (nSPS) is 19.2. The number of nitrogens with one attached hydrogen (secondary N) is 2. The summed E-state index contributed by atoms with van der Waals surface area (Å²) in [6.07, 6.45) is 5.41. The SMILES string of the molecule is COc1cc(Nc2nc(Br)cn3ccnc23)ccc1C1OCCNC1(C)C. The van der Waals surface area contributed by atoms with Crippen LogP contribution < -0.4 is 15.4 Å². The molecule has 1 aromatic carbocycles. The highest BCUT2D eigenvalue weighted by atomic mass is 79.9. The molecule has 1 unspecified atom stereocenters. The monoisotopic (exact) mass is 431 g/mol. The first-order valence-electron chi connectivity index (χ1n) is 8.79. The average Bonchev–Trinajstić information content (AvgIpc) is 3.10. The standard InChI is InChI=1S/C19H22BrN5O2/c1-19(2)16(27-9-7-22-19)13-5-4-12(10-14(13)26-3)23-17-18-21-6-8-25(18)11-15(20)24-17/h4-6,8,10-11,16,22H,7,9H2,1-3H3,(H,23,24). The van der Waals surface area contributed by atoms with Crippen LogP contribution in [0.25, 0.3) is 5.65 Å². The van der Waals surface area contributed by atoms with Crippen molar-refractivity contribution in [2.75, 3.05) is 25.6 Å². The highest BCUT2D eigenvalue weighted by Crippen LogP contribution is 2.38. The molecule has 0 saturated carbocycles. The van der Waals surface area contributed by atoms with Crippen LogP contribution in [0.4, 0.5) is 11.5 Å². The average molecular weight is 432 g/mol. The summed E-state index contributed by atoms with van der Waals surface area (Å²) in [5.74, 6) is 1.44. The van der Waals surface area contributed by atoms with Crippen molar-refractivity contribution in [2.45, 2.75) is 25.5 Å². The molecule has 0 spiro atoms. The Bertz CT molecular complexity index is 972. The van der Waals surface area contributed by atoms with E-state index < -0.39 is 0 Å². The maximum absolute atomic E-state index is 6.05. The van der Waals surface area contributed by atoms with Crippen LogP contribution in [0.1, 0.15) is 25.5 Å². The summed E-state index contributed by atoms with van der Waals surface area (Å²) in [5, 5.41) is 6.85. The Labute approximate surface area is 166 Å². The molecule has 27 heavy (non-hydrogen) atoms. The third-order valence-electron chi connectivity index (χ3n) is 4.75. The molecule has 1 saturated heterocycles. The van der Waals surface area contributed by atoms with Gasteiger partial charge in [0.05, 0.1) is 13.7 Å². The number of aromatic nitrogens is 3. The molecule has 142 valence electrons. The molecule has 1 aliphatic rings. The van der Waals surface area contributed by atoms with E-state index in [4.69, 9.17) is 9.47 Å². The number of nitrogens with zero attached hydrogens (tertiary/aromatic N) is 3. The van der Waals surface area contributed by atoms with Crippen molar-refractivity contribution in [3.05, 3.63) is 47.0 Å². The number of benzene rings is 1. The Hall–Kier alpha value is -2.16. The van der Waals surface area contributed by atoms with Gasteiger partial charge in [0.15, 0.2) is 11.5 Å². The van der Waals surface area contributed by atoms with Crippen molar-refractivity contribution in [1.82, 2.24) is 19.7 Å². The van der Waals surface area contributed by atoms with E-state index >= 15 is 0 Å². The number of morpholine rings is 1. The zero-order chi connectivity index (χ0) is 19.0. The summed E-state index contributed by atoms with van der Waals surface area (Å²) in [6.45, 7) is 5.81. The van der Waals surface area contributed by atoms with Crippen LogP contribution in [0, 0.1) is 0 Å². The highest BCUT2D eigenvalue weighted by molar-refractivity contribution is 9.10. The quantitative estimate of drug-likeness (QED) is 0.656. The van der Waals surface area contributed by atoms with Gasteiger partial charge < -0.3 is 24.5 Å². The fourth-order valence-electron chi connectivity index (χ4n) is 3.46. The molecule has 1 fully saturated rings. The van der Waals surface area contributed by atoms with Crippen molar-refractivity contribution in [3.63, 3.8) is 0 Å². The molecule has 4 rings (SSSR count). The number of imidazole rings is 1. The van der Waals surface area contributed by atoms with Gasteiger partial charge in [0, 0.05) is 48.0 Å². The first kappa shape index (κ1) is 18.2. The molecule has 8 heteroatoms. The topological polar surface area (TPSA) is 72.7 Å². The second-order valence-electron chi connectivity index (χ2n) is 7.05. The van der Waals surface area contributed by atoms with Gasteiger partial charge in [0.2, 0.25) is 0 Å². The maximum Gasteiger partial charge on any atom is 0.180 e. The lowest BCUT2D eigenvalue weighted by molar-refractivity contribution is -0.0398. The van der Waals surface area contributed by atoms with Crippen LogP contribution in [0.2, 0.25) is 0 Å². The molecule has 2 aromatic heterocycles. The minimum absolute atomic E-state index is 0.0850. The summed E-state index contributed by atoms with van der Waals surface area (Å²) in [7, 11) is 1.68. The molecule has 1 aliphatic heterocycles. The van der Waals surface area contributed by atoms with E-state index in [9.17, 15) is 0 Å². The number of halogens is 1. The van der Waals surface area contributed by atoms with Crippen molar-refractivity contribution in [3.8, 4) is 5.75 Å². The van der Waals surface area contributed by atoms with Crippen molar-refractivity contribution >= 4 is 33.1 Å². The van der Waals surface area contributed by atoms with E-state index in [1.165, 1.54) is 0 Å². The fraction of sp³-hybridized carbons (Fsp3) is 0.368. The molecular formula is C19H22BrN5O2. The Morgan fingerprint density at radius 2 is 2.26 bits per heavy atom. The lowest BCUT2D eigenvalue weighted by Crippen LogP contribution is -2.51. The van der Waals surface area contributed by atoms with E-state index in [1.54, 1.807) is 13.3 Å². The Kier molecular flexibility index (Phi) is 4.79. The number of rotatable bonds is 4. The summed E-state index contributed by atoms with van der Waals surface area (Å²) in [6, 6.07) is 6.01. The predicted molar refractivity (Wildman–Crippen MR) is 108 cm³/mol. The van der Waals surface area contributed by atoms with E-state index in [-0.39, 0.29) is 11.6 Å². The number of methoxy groups -OCH3 is 1. The van der Waals surface area contributed by atoms with Crippen LogP contribution in [0.5, 0.6) is 5.75 Å². The molecule has 0 aliphatic carbocycles. The minimum Gasteiger partial charge on any atom is -0.496 e. The van der Waals surface area contributed by atoms with Gasteiger partial charge >= 0.3 is 0 Å². The molecular weight excluding hydrogens is 410 g/mol. The van der Waals surface area contributed by atoms with Crippen LogP contribution >= 0.6 is 15.9 Å². The van der Waals surface area contributed by atoms with Gasteiger partial charge in [0.1, 0.15) is 16.5 Å². The van der Waals surface area contributed by atoms with E-state index in [1.807, 2.05) is 35.0 Å². The van der Waals surface area contributed by atoms with E-state index in [0.717, 1.165) is 33.8 Å². The predicted octanol–water partition coefficient (Wildman–Crippen LogP) is 3.68. The Morgan fingerprint density at radius 1 is 1.41 bits per heavy atom. The number of hydrogen-bond acceptors (Lipinski definition) is 6. The molecule has 0 amide bonds. The molecule has 1 atom stereocenters. The molecule has 2 N–H and O–H groups in total. The van der Waals surface area contributed by atoms with Crippen LogP contribution in [-0.2, 0) is 4.74 Å². The first-order chi connectivity index (χ1) is 13.0. The zero-order valence-corrected chi connectivity index (χ0v) is 17.1. The largest absolute Gasteiger partial charge is 0.496 e. The Morgan fingerprint density at radius 3 is 3.04 bits per heavy atom. The lowest BCUT2D eigenvalue weighted by Gasteiger charge is -2.40. The van der Waals surface area contributed by atoms with Gasteiger partial charge in [0.25, 0.3) is 0 Å². The maximum atomic E-state index is 6.05. The number of ether oxygens (including phenoxy) is 2.